The van der Waals surface area contributed by atoms with Gasteiger partial charge in [-0.2, -0.15) is 0 Å². The first-order valence-electron chi connectivity index (χ1n) is 5.69. The molecule has 0 fully saturated rings. The molecule has 4 nitrogen and oxygen atoms in total. The molecule has 0 saturated heterocycles. The summed E-state index contributed by atoms with van der Waals surface area (Å²) in [6, 6.07) is 13.9. The van der Waals surface area contributed by atoms with Crippen LogP contribution in [0.2, 0.25) is 0 Å². The fourth-order valence-corrected chi connectivity index (χ4v) is 2.07. The SMILES string of the molecule is O=C1Nc2ccc(O)cc2NC1c1ccccc1. The van der Waals surface area contributed by atoms with Crippen LogP contribution in [-0.4, -0.2) is 11.0 Å². The number of fused-ring (bicyclic) bond motifs is 1. The average molecular weight is 240 g/mol. The summed E-state index contributed by atoms with van der Waals surface area (Å²) in [7, 11) is 0. The normalized spacial score (nSPS) is 17.6. The van der Waals surface area contributed by atoms with Gasteiger partial charge < -0.3 is 15.7 Å². The molecular weight excluding hydrogens is 228 g/mol. The van der Waals surface area contributed by atoms with E-state index < -0.39 is 6.04 Å². The maximum absolute atomic E-state index is 12.0. The molecule has 0 radical (unpaired) electrons. The second-order valence-electron chi connectivity index (χ2n) is 4.21. The molecule has 1 amide bonds. The van der Waals surface area contributed by atoms with E-state index in [0.717, 1.165) is 11.3 Å². The monoisotopic (exact) mass is 240 g/mol. The molecule has 18 heavy (non-hydrogen) atoms. The Labute approximate surface area is 104 Å². The molecule has 1 aliphatic rings. The third kappa shape index (κ3) is 1.78. The number of phenolic OH excluding ortho intramolecular Hbond substituents is 1. The number of aromatic hydroxyl groups is 1. The Morgan fingerprint density at radius 2 is 1.78 bits per heavy atom. The zero-order valence-corrected chi connectivity index (χ0v) is 9.55. The second kappa shape index (κ2) is 4.07. The number of carbonyl (C=O) groups is 1. The summed E-state index contributed by atoms with van der Waals surface area (Å²) in [5.74, 6) is 0.0728. The van der Waals surface area contributed by atoms with Gasteiger partial charge in [-0.15, -0.1) is 0 Å². The van der Waals surface area contributed by atoms with E-state index in [-0.39, 0.29) is 11.7 Å². The lowest BCUT2D eigenvalue weighted by molar-refractivity contribution is -0.117. The third-order valence-electron chi connectivity index (χ3n) is 2.96. The smallest absolute Gasteiger partial charge is 0.251 e. The molecule has 90 valence electrons. The summed E-state index contributed by atoms with van der Waals surface area (Å²) < 4.78 is 0. The van der Waals surface area contributed by atoms with Crippen molar-refractivity contribution in [1.29, 1.82) is 0 Å². The van der Waals surface area contributed by atoms with Crippen LogP contribution in [0.1, 0.15) is 11.6 Å². The van der Waals surface area contributed by atoms with Crippen molar-refractivity contribution >= 4 is 17.3 Å². The van der Waals surface area contributed by atoms with Crippen LogP contribution < -0.4 is 10.6 Å². The zero-order valence-electron chi connectivity index (χ0n) is 9.55. The van der Waals surface area contributed by atoms with E-state index in [1.165, 1.54) is 0 Å². The van der Waals surface area contributed by atoms with Crippen molar-refractivity contribution < 1.29 is 9.90 Å². The summed E-state index contributed by atoms with van der Waals surface area (Å²) in [5, 5.41) is 15.4. The van der Waals surface area contributed by atoms with Crippen molar-refractivity contribution in [2.24, 2.45) is 0 Å². The topological polar surface area (TPSA) is 61.4 Å². The molecule has 0 aliphatic carbocycles. The second-order valence-corrected chi connectivity index (χ2v) is 4.21. The molecule has 1 heterocycles. The maximum atomic E-state index is 12.0. The van der Waals surface area contributed by atoms with Crippen molar-refractivity contribution in [3.05, 3.63) is 54.1 Å². The third-order valence-corrected chi connectivity index (χ3v) is 2.96. The van der Waals surface area contributed by atoms with Gasteiger partial charge in [-0.1, -0.05) is 30.3 Å². The number of hydrogen-bond donors (Lipinski definition) is 3. The van der Waals surface area contributed by atoms with E-state index in [9.17, 15) is 9.90 Å². The molecule has 3 rings (SSSR count). The predicted octanol–water partition coefficient (Wildman–Crippen LogP) is 2.50. The van der Waals surface area contributed by atoms with Gasteiger partial charge >= 0.3 is 0 Å². The van der Waals surface area contributed by atoms with Crippen molar-refractivity contribution in [3.8, 4) is 5.75 Å². The Morgan fingerprint density at radius 1 is 1.00 bits per heavy atom. The van der Waals surface area contributed by atoms with Crippen LogP contribution >= 0.6 is 0 Å². The van der Waals surface area contributed by atoms with E-state index >= 15 is 0 Å². The fourth-order valence-electron chi connectivity index (χ4n) is 2.07. The minimum absolute atomic E-state index is 0.0978. The van der Waals surface area contributed by atoms with Crippen molar-refractivity contribution in [1.82, 2.24) is 0 Å². The Morgan fingerprint density at radius 3 is 2.56 bits per heavy atom. The quantitative estimate of drug-likeness (QED) is 0.671. The molecule has 0 aromatic heterocycles. The lowest BCUT2D eigenvalue weighted by Gasteiger charge is -2.27. The first-order chi connectivity index (χ1) is 8.74. The number of nitrogens with one attached hydrogen (secondary N) is 2. The van der Waals surface area contributed by atoms with E-state index in [0.29, 0.717) is 5.69 Å². The molecular formula is C14H12N2O2. The molecule has 0 saturated carbocycles. The molecule has 0 bridgehead atoms. The minimum Gasteiger partial charge on any atom is -0.508 e. The number of rotatable bonds is 1. The first kappa shape index (κ1) is 10.7. The lowest BCUT2D eigenvalue weighted by Crippen LogP contribution is -2.31. The molecule has 0 spiro atoms. The minimum atomic E-state index is -0.430. The number of amides is 1. The lowest BCUT2D eigenvalue weighted by atomic mass is 10.0. The van der Waals surface area contributed by atoms with Crippen LogP contribution in [0.15, 0.2) is 48.5 Å². The highest BCUT2D eigenvalue weighted by Crippen LogP contribution is 2.34. The van der Waals surface area contributed by atoms with Gasteiger partial charge in [0.25, 0.3) is 5.91 Å². The Kier molecular flexibility index (Phi) is 2.41. The number of benzene rings is 2. The summed E-state index contributed by atoms with van der Waals surface area (Å²) in [4.78, 5) is 12.0. The van der Waals surface area contributed by atoms with Crippen LogP contribution in [0, 0.1) is 0 Å². The molecule has 1 aliphatic heterocycles. The van der Waals surface area contributed by atoms with E-state index in [2.05, 4.69) is 10.6 Å². The van der Waals surface area contributed by atoms with Crippen molar-refractivity contribution in [3.63, 3.8) is 0 Å². The molecule has 4 heteroatoms. The molecule has 2 aromatic rings. The highest BCUT2D eigenvalue weighted by molar-refractivity contribution is 6.03. The first-order valence-corrected chi connectivity index (χ1v) is 5.69. The Hall–Kier alpha value is -2.49. The van der Waals surface area contributed by atoms with Crippen LogP contribution in [0.25, 0.3) is 0 Å². The van der Waals surface area contributed by atoms with Gasteiger partial charge in [0.15, 0.2) is 0 Å². The van der Waals surface area contributed by atoms with Gasteiger partial charge in [0.05, 0.1) is 11.4 Å². The van der Waals surface area contributed by atoms with E-state index in [1.54, 1.807) is 18.2 Å². The largest absolute Gasteiger partial charge is 0.508 e. The summed E-state index contributed by atoms with van der Waals surface area (Å²) in [6.07, 6.45) is 0. The number of anilines is 2. The average Bonchev–Trinajstić information content (AvgIpc) is 2.39. The van der Waals surface area contributed by atoms with E-state index in [4.69, 9.17) is 0 Å². The fraction of sp³-hybridized carbons (Fsp3) is 0.0714. The standard InChI is InChI=1S/C14H12N2O2/c17-10-6-7-11-12(8-10)15-13(14(18)16-11)9-4-2-1-3-5-9/h1-8,13,15,17H,(H,16,18). The van der Waals surface area contributed by atoms with Crippen LogP contribution in [-0.2, 0) is 4.79 Å². The Bertz CT molecular complexity index is 596. The summed E-state index contributed by atoms with van der Waals surface area (Å²) in [5.41, 5.74) is 2.30. The molecule has 2 aromatic carbocycles. The maximum Gasteiger partial charge on any atom is 0.251 e. The molecule has 1 atom stereocenters. The number of hydrogen-bond acceptors (Lipinski definition) is 3. The van der Waals surface area contributed by atoms with Gasteiger partial charge in [0.1, 0.15) is 11.8 Å². The molecule has 1 unspecified atom stereocenters. The van der Waals surface area contributed by atoms with Crippen LogP contribution in [0.4, 0.5) is 11.4 Å². The summed E-state index contributed by atoms with van der Waals surface area (Å²) in [6.45, 7) is 0. The number of carbonyl (C=O) groups excluding carboxylic acids is 1. The van der Waals surface area contributed by atoms with Crippen LogP contribution in [0.5, 0.6) is 5.75 Å². The van der Waals surface area contributed by atoms with Gasteiger partial charge in [-0.05, 0) is 17.7 Å². The van der Waals surface area contributed by atoms with Gasteiger partial charge in [-0.3, -0.25) is 4.79 Å². The number of phenols is 1. The summed E-state index contributed by atoms with van der Waals surface area (Å²) >= 11 is 0. The Balaban J connectivity index is 1.99. The highest BCUT2D eigenvalue weighted by atomic mass is 16.3. The predicted molar refractivity (Wildman–Crippen MR) is 69.5 cm³/mol. The van der Waals surface area contributed by atoms with Gasteiger partial charge in [0.2, 0.25) is 0 Å². The molecule has 3 N–H and O–H groups in total. The zero-order chi connectivity index (χ0) is 12.5. The van der Waals surface area contributed by atoms with Crippen molar-refractivity contribution in [2.45, 2.75) is 6.04 Å². The van der Waals surface area contributed by atoms with Crippen LogP contribution in [0.3, 0.4) is 0 Å². The van der Waals surface area contributed by atoms with E-state index in [1.807, 2.05) is 30.3 Å². The van der Waals surface area contributed by atoms with Crippen molar-refractivity contribution in [2.75, 3.05) is 10.6 Å². The van der Waals surface area contributed by atoms with Gasteiger partial charge in [0, 0.05) is 6.07 Å². The van der Waals surface area contributed by atoms with Gasteiger partial charge in [-0.25, -0.2) is 0 Å². The highest BCUT2D eigenvalue weighted by Gasteiger charge is 2.26.